The summed E-state index contributed by atoms with van der Waals surface area (Å²) >= 11 is 0. The van der Waals surface area contributed by atoms with Crippen LogP contribution in [0.4, 0.5) is 0 Å². The van der Waals surface area contributed by atoms with E-state index < -0.39 is 0 Å². The van der Waals surface area contributed by atoms with Crippen molar-refractivity contribution in [2.45, 2.75) is 53.1 Å². The summed E-state index contributed by atoms with van der Waals surface area (Å²) in [4.78, 5) is 2.56. The molecular weight excluding hydrogens is 172 g/mol. The highest BCUT2D eigenvalue weighted by atomic mass is 15.2. The van der Waals surface area contributed by atoms with Gasteiger partial charge in [-0.2, -0.15) is 0 Å². The fourth-order valence-electron chi connectivity index (χ4n) is 1.87. The van der Waals surface area contributed by atoms with Crippen molar-refractivity contribution in [3.05, 3.63) is 0 Å². The van der Waals surface area contributed by atoms with Gasteiger partial charge in [0.1, 0.15) is 0 Å². The summed E-state index contributed by atoms with van der Waals surface area (Å²) < 4.78 is 0. The number of nitrogens with one attached hydrogen (secondary N) is 1. The molecule has 0 aromatic carbocycles. The molecule has 1 rings (SSSR count). The molecule has 0 radical (unpaired) electrons. The van der Waals surface area contributed by atoms with Gasteiger partial charge in [-0.25, -0.2) is 0 Å². The molecule has 2 heteroatoms. The average Bonchev–Trinajstić information content (AvgIpc) is 2.47. The van der Waals surface area contributed by atoms with Gasteiger partial charge >= 0.3 is 0 Å². The predicted molar refractivity (Wildman–Crippen MR) is 62.6 cm³/mol. The monoisotopic (exact) mass is 198 g/mol. The van der Waals surface area contributed by atoms with Gasteiger partial charge in [-0.1, -0.05) is 20.8 Å². The lowest BCUT2D eigenvalue weighted by Crippen LogP contribution is -2.38. The second-order valence-corrected chi connectivity index (χ2v) is 6.02. The van der Waals surface area contributed by atoms with Crippen LogP contribution in [0.2, 0.25) is 0 Å². The van der Waals surface area contributed by atoms with Crippen LogP contribution in [0.5, 0.6) is 0 Å². The lowest BCUT2D eigenvalue weighted by Gasteiger charge is -2.24. The van der Waals surface area contributed by atoms with E-state index in [-0.39, 0.29) is 0 Å². The molecule has 2 nitrogen and oxygen atoms in total. The summed E-state index contributed by atoms with van der Waals surface area (Å²) in [6.45, 7) is 15.1. The number of hydrogen-bond acceptors (Lipinski definition) is 2. The van der Waals surface area contributed by atoms with E-state index in [0.717, 1.165) is 12.6 Å². The van der Waals surface area contributed by atoms with Gasteiger partial charge in [-0.3, -0.25) is 4.90 Å². The van der Waals surface area contributed by atoms with Crippen LogP contribution in [0.15, 0.2) is 0 Å². The summed E-state index contributed by atoms with van der Waals surface area (Å²) in [5.41, 5.74) is 0.408. The SMILES string of the molecule is CC(C)N1CC[C@H](NCC(C)(C)C)C1. The van der Waals surface area contributed by atoms with Gasteiger partial charge in [0.25, 0.3) is 0 Å². The summed E-state index contributed by atoms with van der Waals surface area (Å²) in [6.07, 6.45) is 1.31. The van der Waals surface area contributed by atoms with Crippen molar-refractivity contribution in [2.75, 3.05) is 19.6 Å². The molecule has 84 valence electrons. The Morgan fingerprint density at radius 3 is 2.43 bits per heavy atom. The van der Waals surface area contributed by atoms with Crippen molar-refractivity contribution in [1.29, 1.82) is 0 Å². The van der Waals surface area contributed by atoms with E-state index in [4.69, 9.17) is 0 Å². The first-order chi connectivity index (χ1) is 6.38. The number of likely N-dealkylation sites (tertiary alicyclic amines) is 1. The quantitative estimate of drug-likeness (QED) is 0.747. The second kappa shape index (κ2) is 4.63. The maximum Gasteiger partial charge on any atom is 0.0207 e. The molecule has 14 heavy (non-hydrogen) atoms. The van der Waals surface area contributed by atoms with E-state index in [2.05, 4.69) is 44.8 Å². The summed E-state index contributed by atoms with van der Waals surface area (Å²) in [6, 6.07) is 1.42. The van der Waals surface area contributed by atoms with Crippen LogP contribution in [0.1, 0.15) is 41.0 Å². The fourth-order valence-corrected chi connectivity index (χ4v) is 1.87. The Kier molecular flexibility index (Phi) is 3.96. The second-order valence-electron chi connectivity index (χ2n) is 6.02. The van der Waals surface area contributed by atoms with Crippen LogP contribution in [0.25, 0.3) is 0 Å². The molecule has 1 N–H and O–H groups in total. The van der Waals surface area contributed by atoms with Gasteiger partial charge < -0.3 is 5.32 Å². The minimum atomic E-state index is 0.408. The zero-order valence-electron chi connectivity index (χ0n) is 10.4. The molecule has 0 saturated carbocycles. The highest BCUT2D eigenvalue weighted by Crippen LogP contribution is 2.15. The summed E-state index contributed by atoms with van der Waals surface area (Å²) in [5, 5.41) is 3.66. The van der Waals surface area contributed by atoms with E-state index in [1.807, 2.05) is 0 Å². The van der Waals surface area contributed by atoms with Crippen molar-refractivity contribution >= 4 is 0 Å². The van der Waals surface area contributed by atoms with E-state index in [9.17, 15) is 0 Å². The summed E-state index contributed by atoms with van der Waals surface area (Å²) in [5.74, 6) is 0. The third-order valence-corrected chi connectivity index (χ3v) is 2.87. The molecule has 1 aliphatic rings. The van der Waals surface area contributed by atoms with Gasteiger partial charge in [0, 0.05) is 25.2 Å². The minimum Gasteiger partial charge on any atom is -0.312 e. The van der Waals surface area contributed by atoms with Crippen molar-refractivity contribution < 1.29 is 0 Å². The van der Waals surface area contributed by atoms with Crippen molar-refractivity contribution in [3.63, 3.8) is 0 Å². The van der Waals surface area contributed by atoms with Crippen LogP contribution in [0, 0.1) is 5.41 Å². The van der Waals surface area contributed by atoms with E-state index in [1.165, 1.54) is 19.5 Å². The lowest BCUT2D eigenvalue weighted by molar-refractivity contribution is 0.263. The van der Waals surface area contributed by atoms with E-state index >= 15 is 0 Å². The van der Waals surface area contributed by atoms with Gasteiger partial charge in [-0.05, 0) is 32.2 Å². The first-order valence-electron chi connectivity index (χ1n) is 5.86. The number of hydrogen-bond donors (Lipinski definition) is 1. The molecule has 0 unspecified atom stereocenters. The van der Waals surface area contributed by atoms with Gasteiger partial charge in [-0.15, -0.1) is 0 Å². The van der Waals surface area contributed by atoms with Gasteiger partial charge in [0.15, 0.2) is 0 Å². The largest absolute Gasteiger partial charge is 0.312 e. The molecule has 0 aromatic rings. The van der Waals surface area contributed by atoms with Crippen LogP contribution in [-0.4, -0.2) is 36.6 Å². The molecule has 0 bridgehead atoms. The molecule has 1 fully saturated rings. The average molecular weight is 198 g/mol. The Hall–Kier alpha value is -0.0800. The molecule has 0 aliphatic carbocycles. The standard InChI is InChI=1S/C12H26N2/c1-10(2)14-7-6-11(8-14)13-9-12(3,4)5/h10-11,13H,6-9H2,1-5H3/t11-/m0/s1. The van der Waals surface area contributed by atoms with Gasteiger partial charge in [0.05, 0.1) is 0 Å². The third kappa shape index (κ3) is 3.97. The molecule has 1 aliphatic heterocycles. The van der Waals surface area contributed by atoms with E-state index in [0.29, 0.717) is 11.5 Å². The highest BCUT2D eigenvalue weighted by Gasteiger charge is 2.24. The number of nitrogens with zero attached hydrogens (tertiary/aromatic N) is 1. The first-order valence-corrected chi connectivity index (χ1v) is 5.86. The fraction of sp³-hybridized carbons (Fsp3) is 1.00. The molecule has 0 aromatic heterocycles. The molecule has 1 saturated heterocycles. The molecule has 0 amide bonds. The summed E-state index contributed by atoms with van der Waals surface area (Å²) in [7, 11) is 0. The molecule has 1 atom stereocenters. The van der Waals surface area contributed by atoms with Crippen molar-refractivity contribution in [2.24, 2.45) is 5.41 Å². The Morgan fingerprint density at radius 2 is 2.00 bits per heavy atom. The van der Waals surface area contributed by atoms with E-state index in [1.54, 1.807) is 0 Å². The van der Waals surface area contributed by atoms with Gasteiger partial charge in [0.2, 0.25) is 0 Å². The van der Waals surface area contributed by atoms with Crippen LogP contribution >= 0.6 is 0 Å². The zero-order chi connectivity index (χ0) is 10.8. The molecule has 1 heterocycles. The maximum atomic E-state index is 3.66. The number of rotatable bonds is 3. The Morgan fingerprint density at radius 1 is 1.36 bits per heavy atom. The Bertz CT molecular complexity index is 170. The van der Waals surface area contributed by atoms with Crippen molar-refractivity contribution in [1.82, 2.24) is 10.2 Å². The molecule has 0 spiro atoms. The maximum absolute atomic E-state index is 3.66. The topological polar surface area (TPSA) is 15.3 Å². The van der Waals surface area contributed by atoms with Crippen LogP contribution in [-0.2, 0) is 0 Å². The normalized spacial score (nSPS) is 24.9. The lowest BCUT2D eigenvalue weighted by atomic mass is 9.96. The third-order valence-electron chi connectivity index (χ3n) is 2.87. The van der Waals surface area contributed by atoms with Crippen LogP contribution < -0.4 is 5.32 Å². The zero-order valence-corrected chi connectivity index (χ0v) is 10.4. The minimum absolute atomic E-state index is 0.408. The smallest absolute Gasteiger partial charge is 0.0207 e. The Balaban J connectivity index is 2.23. The van der Waals surface area contributed by atoms with Crippen molar-refractivity contribution in [3.8, 4) is 0 Å². The first kappa shape index (κ1) is 12.0. The Labute approximate surface area is 89.1 Å². The predicted octanol–water partition coefficient (Wildman–Crippen LogP) is 2.10. The highest BCUT2D eigenvalue weighted by molar-refractivity contribution is 4.83. The van der Waals surface area contributed by atoms with Crippen LogP contribution in [0.3, 0.4) is 0 Å². The molecular formula is C12H26N2.